The largest absolute Gasteiger partial charge is 0.465 e. The van der Waals surface area contributed by atoms with Gasteiger partial charge in [-0.05, 0) is 24.5 Å². The van der Waals surface area contributed by atoms with Gasteiger partial charge in [0.2, 0.25) is 0 Å². The number of ether oxygens (including phenoxy) is 1. The monoisotopic (exact) mass is 303 g/mol. The van der Waals surface area contributed by atoms with Crippen LogP contribution in [-0.2, 0) is 4.74 Å². The van der Waals surface area contributed by atoms with Gasteiger partial charge in [-0.1, -0.05) is 44.2 Å². The van der Waals surface area contributed by atoms with Gasteiger partial charge in [0.05, 0.1) is 12.7 Å². The summed E-state index contributed by atoms with van der Waals surface area (Å²) in [4.78, 5) is 13.0. The van der Waals surface area contributed by atoms with Gasteiger partial charge in [0.1, 0.15) is 5.00 Å². The number of hydrogen-bond acceptors (Lipinski definition) is 4. The molecule has 1 heterocycles. The number of thiophene rings is 1. The van der Waals surface area contributed by atoms with Crippen LogP contribution in [0.15, 0.2) is 36.4 Å². The van der Waals surface area contributed by atoms with E-state index >= 15 is 0 Å². The predicted molar refractivity (Wildman–Crippen MR) is 89.0 cm³/mol. The van der Waals surface area contributed by atoms with Gasteiger partial charge in [-0.2, -0.15) is 0 Å². The number of benzene rings is 1. The van der Waals surface area contributed by atoms with Crippen LogP contribution in [0, 0.1) is 5.92 Å². The van der Waals surface area contributed by atoms with Crippen LogP contribution in [0.3, 0.4) is 0 Å². The molecule has 0 aliphatic heterocycles. The molecule has 21 heavy (non-hydrogen) atoms. The van der Waals surface area contributed by atoms with Crippen LogP contribution in [0.1, 0.15) is 31.1 Å². The van der Waals surface area contributed by atoms with E-state index in [0.717, 1.165) is 15.4 Å². The second kappa shape index (κ2) is 6.76. The van der Waals surface area contributed by atoms with Crippen molar-refractivity contribution in [2.45, 2.75) is 26.8 Å². The molecule has 0 saturated carbocycles. The fourth-order valence-corrected chi connectivity index (χ4v) is 3.03. The molecule has 112 valence electrons. The van der Waals surface area contributed by atoms with Gasteiger partial charge >= 0.3 is 5.97 Å². The minimum Gasteiger partial charge on any atom is -0.465 e. The molecule has 0 radical (unpaired) electrons. The molecule has 1 aromatic carbocycles. The Balaban J connectivity index is 2.38. The lowest BCUT2D eigenvalue weighted by Crippen LogP contribution is -2.22. The molecule has 0 aliphatic rings. The lowest BCUT2D eigenvalue weighted by molar-refractivity contribution is 0.0602. The second-order valence-electron chi connectivity index (χ2n) is 5.39. The standard InChI is InChI=1S/C17H21NO2S/c1-11(2)12(3)18-16-14(17(19)20-4)10-15(21-16)13-8-6-5-7-9-13/h5-12,18H,1-4H3. The lowest BCUT2D eigenvalue weighted by Gasteiger charge is -2.18. The van der Waals surface area contributed by atoms with Crippen molar-refractivity contribution in [3.8, 4) is 10.4 Å². The van der Waals surface area contributed by atoms with E-state index in [1.165, 1.54) is 7.11 Å². The van der Waals surface area contributed by atoms with Crippen molar-refractivity contribution >= 4 is 22.3 Å². The molecule has 0 aliphatic carbocycles. The van der Waals surface area contributed by atoms with E-state index in [0.29, 0.717) is 11.5 Å². The molecule has 1 atom stereocenters. The summed E-state index contributed by atoms with van der Waals surface area (Å²) in [6.07, 6.45) is 0. The predicted octanol–water partition coefficient (Wildman–Crippen LogP) is 4.66. The zero-order chi connectivity index (χ0) is 15.4. The zero-order valence-corrected chi connectivity index (χ0v) is 13.7. The van der Waals surface area contributed by atoms with Crippen LogP contribution >= 0.6 is 11.3 Å². The molecular formula is C17H21NO2S. The van der Waals surface area contributed by atoms with E-state index in [2.05, 4.69) is 26.1 Å². The average Bonchev–Trinajstić information content (AvgIpc) is 2.91. The zero-order valence-electron chi connectivity index (χ0n) is 12.8. The number of carbonyl (C=O) groups excluding carboxylic acids is 1. The van der Waals surface area contributed by atoms with E-state index in [1.807, 2.05) is 36.4 Å². The summed E-state index contributed by atoms with van der Waals surface area (Å²) >= 11 is 1.59. The minimum atomic E-state index is -0.299. The molecule has 0 saturated heterocycles. The number of anilines is 1. The molecule has 2 aromatic rings. The van der Waals surface area contributed by atoms with Gasteiger partial charge in [-0.3, -0.25) is 0 Å². The summed E-state index contributed by atoms with van der Waals surface area (Å²) < 4.78 is 4.90. The maximum Gasteiger partial charge on any atom is 0.340 e. The van der Waals surface area contributed by atoms with Gasteiger partial charge < -0.3 is 10.1 Å². The normalized spacial score (nSPS) is 12.2. The lowest BCUT2D eigenvalue weighted by atomic mass is 10.1. The van der Waals surface area contributed by atoms with Gasteiger partial charge in [0, 0.05) is 10.9 Å². The Hall–Kier alpha value is -1.81. The highest BCUT2D eigenvalue weighted by molar-refractivity contribution is 7.19. The Bertz CT molecular complexity index is 605. The number of rotatable bonds is 5. The molecule has 0 spiro atoms. The molecule has 2 rings (SSSR count). The first-order valence-electron chi connectivity index (χ1n) is 7.07. The Morgan fingerprint density at radius 3 is 2.43 bits per heavy atom. The third-order valence-electron chi connectivity index (χ3n) is 3.55. The van der Waals surface area contributed by atoms with Crippen LogP contribution < -0.4 is 5.32 Å². The van der Waals surface area contributed by atoms with Crippen LogP contribution in [-0.4, -0.2) is 19.1 Å². The number of esters is 1. The third-order valence-corrected chi connectivity index (χ3v) is 4.67. The van der Waals surface area contributed by atoms with Crippen molar-refractivity contribution in [2.75, 3.05) is 12.4 Å². The fraction of sp³-hybridized carbons (Fsp3) is 0.353. The highest BCUT2D eigenvalue weighted by Crippen LogP contribution is 2.36. The Labute approximate surface area is 130 Å². The number of methoxy groups -OCH3 is 1. The van der Waals surface area contributed by atoms with Crippen LogP contribution in [0.25, 0.3) is 10.4 Å². The molecule has 1 N–H and O–H groups in total. The smallest absolute Gasteiger partial charge is 0.340 e. The van der Waals surface area contributed by atoms with E-state index in [-0.39, 0.29) is 12.0 Å². The highest BCUT2D eigenvalue weighted by Gasteiger charge is 2.19. The first kappa shape index (κ1) is 15.6. The Morgan fingerprint density at radius 1 is 1.19 bits per heavy atom. The molecule has 1 aromatic heterocycles. The van der Waals surface area contributed by atoms with Crippen molar-refractivity contribution in [3.05, 3.63) is 42.0 Å². The molecule has 1 unspecified atom stereocenters. The summed E-state index contributed by atoms with van der Waals surface area (Å²) in [6, 6.07) is 12.3. The number of nitrogens with one attached hydrogen (secondary N) is 1. The van der Waals surface area contributed by atoms with Crippen molar-refractivity contribution in [3.63, 3.8) is 0 Å². The van der Waals surface area contributed by atoms with E-state index < -0.39 is 0 Å². The first-order valence-corrected chi connectivity index (χ1v) is 7.88. The van der Waals surface area contributed by atoms with Crippen molar-refractivity contribution in [1.82, 2.24) is 0 Å². The quantitative estimate of drug-likeness (QED) is 0.817. The van der Waals surface area contributed by atoms with Gasteiger partial charge in [0.15, 0.2) is 0 Å². The molecule has 0 amide bonds. The Kier molecular flexibility index (Phi) is 5.02. The third kappa shape index (κ3) is 3.64. The minimum absolute atomic E-state index is 0.288. The summed E-state index contributed by atoms with van der Waals surface area (Å²) in [5, 5.41) is 4.31. The molecule has 0 fully saturated rings. The molecular weight excluding hydrogens is 282 g/mol. The summed E-state index contributed by atoms with van der Waals surface area (Å²) in [7, 11) is 1.41. The molecule has 3 nitrogen and oxygen atoms in total. The van der Waals surface area contributed by atoms with Gasteiger partial charge in [-0.25, -0.2) is 4.79 Å². The van der Waals surface area contributed by atoms with Crippen LogP contribution in [0.2, 0.25) is 0 Å². The second-order valence-corrected chi connectivity index (χ2v) is 6.44. The van der Waals surface area contributed by atoms with Gasteiger partial charge in [-0.15, -0.1) is 11.3 Å². The van der Waals surface area contributed by atoms with E-state index in [4.69, 9.17) is 4.74 Å². The topological polar surface area (TPSA) is 38.3 Å². The number of carbonyl (C=O) groups is 1. The maximum absolute atomic E-state index is 12.0. The first-order chi connectivity index (χ1) is 10.0. The van der Waals surface area contributed by atoms with E-state index in [9.17, 15) is 4.79 Å². The maximum atomic E-state index is 12.0. The Morgan fingerprint density at radius 2 is 1.86 bits per heavy atom. The summed E-state index contributed by atoms with van der Waals surface area (Å²) in [5.41, 5.74) is 1.71. The fourth-order valence-electron chi connectivity index (χ4n) is 1.88. The van der Waals surface area contributed by atoms with Crippen molar-refractivity contribution < 1.29 is 9.53 Å². The SMILES string of the molecule is COC(=O)c1cc(-c2ccccc2)sc1NC(C)C(C)C. The van der Waals surface area contributed by atoms with E-state index in [1.54, 1.807) is 11.3 Å². The van der Waals surface area contributed by atoms with Crippen LogP contribution in [0.5, 0.6) is 0 Å². The van der Waals surface area contributed by atoms with Gasteiger partial charge in [0.25, 0.3) is 0 Å². The van der Waals surface area contributed by atoms with Crippen molar-refractivity contribution in [1.29, 1.82) is 0 Å². The molecule has 0 bridgehead atoms. The highest BCUT2D eigenvalue weighted by atomic mass is 32.1. The van der Waals surface area contributed by atoms with Crippen LogP contribution in [0.4, 0.5) is 5.00 Å². The molecule has 4 heteroatoms. The van der Waals surface area contributed by atoms with Crippen molar-refractivity contribution in [2.24, 2.45) is 5.92 Å². The summed E-state index contributed by atoms with van der Waals surface area (Å²) in [5.74, 6) is 0.185. The number of hydrogen-bond donors (Lipinski definition) is 1. The summed E-state index contributed by atoms with van der Waals surface area (Å²) in [6.45, 7) is 6.43. The average molecular weight is 303 g/mol.